The van der Waals surface area contributed by atoms with Crippen LogP contribution in [-0.4, -0.2) is 28.8 Å². The van der Waals surface area contributed by atoms with Crippen molar-refractivity contribution in [3.8, 4) is 11.3 Å². The Balaban J connectivity index is 2.01. The predicted octanol–water partition coefficient (Wildman–Crippen LogP) is 3.66. The van der Waals surface area contributed by atoms with Crippen LogP contribution in [0.3, 0.4) is 0 Å². The molecular weight excluding hydrogens is 347 g/mol. The van der Waals surface area contributed by atoms with Gasteiger partial charge in [-0.3, -0.25) is 20.1 Å². The molecule has 0 spiro atoms. The van der Waals surface area contributed by atoms with Crippen LogP contribution in [-0.2, 0) is 10.3 Å². The van der Waals surface area contributed by atoms with Crippen molar-refractivity contribution in [2.24, 2.45) is 0 Å². The third-order valence-corrected chi connectivity index (χ3v) is 4.60. The van der Waals surface area contributed by atoms with Gasteiger partial charge in [-0.1, -0.05) is 23.2 Å². The van der Waals surface area contributed by atoms with E-state index in [1.165, 1.54) is 4.90 Å². The maximum Gasteiger partial charge on any atom is 0.231 e. The van der Waals surface area contributed by atoms with Crippen molar-refractivity contribution in [2.75, 3.05) is 7.05 Å². The van der Waals surface area contributed by atoms with Crippen molar-refractivity contribution in [3.05, 3.63) is 52.1 Å². The number of pyridine rings is 1. The predicted molar refractivity (Wildman–Crippen MR) is 95.3 cm³/mol. The lowest BCUT2D eigenvalue weighted by Crippen LogP contribution is -2.58. The van der Waals surface area contributed by atoms with Gasteiger partial charge in [0.15, 0.2) is 5.96 Å². The van der Waals surface area contributed by atoms with E-state index in [0.717, 1.165) is 11.1 Å². The van der Waals surface area contributed by atoms with Crippen LogP contribution in [0.1, 0.15) is 18.9 Å². The van der Waals surface area contributed by atoms with Crippen LogP contribution in [0.25, 0.3) is 11.3 Å². The highest BCUT2D eigenvalue weighted by Crippen LogP contribution is 2.32. The van der Waals surface area contributed by atoms with Crippen molar-refractivity contribution >= 4 is 35.1 Å². The molecule has 3 rings (SSSR count). The molecule has 0 radical (unpaired) electrons. The molecule has 7 heteroatoms. The van der Waals surface area contributed by atoms with E-state index < -0.39 is 5.54 Å². The summed E-state index contributed by atoms with van der Waals surface area (Å²) in [5.41, 5.74) is 1.71. The number of amides is 1. The molecule has 24 heavy (non-hydrogen) atoms. The van der Waals surface area contributed by atoms with Crippen LogP contribution in [0.4, 0.5) is 0 Å². The number of nitrogens with one attached hydrogen (secondary N) is 2. The Bertz CT molecular complexity index is 799. The van der Waals surface area contributed by atoms with Gasteiger partial charge < -0.3 is 5.32 Å². The van der Waals surface area contributed by atoms with Crippen LogP contribution in [0.2, 0.25) is 10.0 Å². The maximum atomic E-state index is 12.1. The maximum absolute atomic E-state index is 12.1. The highest BCUT2D eigenvalue weighted by atomic mass is 35.5. The second kappa shape index (κ2) is 6.07. The lowest BCUT2D eigenvalue weighted by Gasteiger charge is -2.39. The van der Waals surface area contributed by atoms with Crippen LogP contribution in [0, 0.1) is 5.41 Å². The minimum Gasteiger partial charge on any atom is -0.346 e. The van der Waals surface area contributed by atoms with Crippen LogP contribution < -0.4 is 5.32 Å². The molecule has 1 aliphatic rings. The lowest BCUT2D eigenvalue weighted by molar-refractivity contribution is -0.129. The number of hydrogen-bond donors (Lipinski definition) is 2. The zero-order valence-corrected chi connectivity index (χ0v) is 14.7. The number of carbonyl (C=O) groups is 1. The molecule has 0 unspecified atom stereocenters. The number of guanidine groups is 1. The van der Waals surface area contributed by atoms with Crippen LogP contribution in [0.15, 0.2) is 36.5 Å². The highest BCUT2D eigenvalue weighted by molar-refractivity contribution is 6.35. The smallest absolute Gasteiger partial charge is 0.231 e. The highest BCUT2D eigenvalue weighted by Gasteiger charge is 2.38. The molecule has 1 aromatic heterocycles. The molecule has 2 aromatic rings. The molecule has 1 fully saturated rings. The number of halogens is 2. The van der Waals surface area contributed by atoms with Crippen molar-refractivity contribution in [2.45, 2.75) is 18.9 Å². The monoisotopic (exact) mass is 362 g/mol. The average Bonchev–Trinajstić information content (AvgIpc) is 2.52. The van der Waals surface area contributed by atoms with Gasteiger partial charge in [-0.05, 0) is 42.8 Å². The van der Waals surface area contributed by atoms with Crippen molar-refractivity contribution < 1.29 is 4.79 Å². The SMILES string of the molecule is CN1C(=N)N[C@](C)(c2ccnc(-c3cc(Cl)cc(Cl)c3)c2)CC1=O. The van der Waals surface area contributed by atoms with Gasteiger partial charge >= 0.3 is 0 Å². The normalized spacial score (nSPS) is 20.9. The van der Waals surface area contributed by atoms with Gasteiger partial charge in [0.05, 0.1) is 17.7 Å². The number of hydrogen-bond acceptors (Lipinski definition) is 3. The summed E-state index contributed by atoms with van der Waals surface area (Å²) in [4.78, 5) is 17.8. The van der Waals surface area contributed by atoms with Gasteiger partial charge in [0.1, 0.15) is 0 Å². The van der Waals surface area contributed by atoms with E-state index in [2.05, 4.69) is 10.3 Å². The second-order valence-corrected chi connectivity index (χ2v) is 6.90. The first kappa shape index (κ1) is 16.7. The van der Waals surface area contributed by atoms with E-state index in [1.807, 2.05) is 19.1 Å². The Morgan fingerprint density at radius 2 is 1.92 bits per heavy atom. The summed E-state index contributed by atoms with van der Waals surface area (Å²) in [5, 5.41) is 12.1. The molecule has 2 heterocycles. The molecule has 0 aliphatic carbocycles. The Morgan fingerprint density at radius 1 is 1.25 bits per heavy atom. The van der Waals surface area contributed by atoms with Crippen molar-refractivity contribution in [1.29, 1.82) is 5.41 Å². The summed E-state index contributed by atoms with van der Waals surface area (Å²) >= 11 is 12.1. The first-order valence-electron chi connectivity index (χ1n) is 7.35. The van der Waals surface area contributed by atoms with E-state index in [0.29, 0.717) is 15.7 Å². The zero-order valence-electron chi connectivity index (χ0n) is 13.2. The fourth-order valence-corrected chi connectivity index (χ4v) is 3.27. The molecule has 1 saturated heterocycles. The Hall–Kier alpha value is -2.11. The third-order valence-electron chi connectivity index (χ3n) is 4.16. The lowest BCUT2D eigenvalue weighted by atomic mass is 9.86. The average molecular weight is 363 g/mol. The molecule has 2 N–H and O–H groups in total. The number of nitrogens with zero attached hydrogens (tertiary/aromatic N) is 2. The Labute approximate surface area is 150 Å². The largest absolute Gasteiger partial charge is 0.346 e. The summed E-state index contributed by atoms with van der Waals surface area (Å²) in [5.74, 6) is -0.0247. The second-order valence-electron chi connectivity index (χ2n) is 6.02. The van der Waals surface area contributed by atoms with Gasteiger partial charge in [-0.25, -0.2) is 0 Å². The zero-order chi connectivity index (χ0) is 17.5. The van der Waals surface area contributed by atoms with Gasteiger partial charge in [-0.15, -0.1) is 0 Å². The molecular formula is C17H16Cl2N4O. The molecule has 5 nitrogen and oxygen atoms in total. The van der Waals surface area contributed by atoms with Gasteiger partial charge in [0, 0.05) is 28.9 Å². The van der Waals surface area contributed by atoms with E-state index in [9.17, 15) is 4.79 Å². The van der Waals surface area contributed by atoms with Gasteiger partial charge in [-0.2, -0.15) is 0 Å². The van der Waals surface area contributed by atoms with Crippen molar-refractivity contribution in [3.63, 3.8) is 0 Å². The molecule has 0 bridgehead atoms. The first-order chi connectivity index (χ1) is 11.3. The number of carbonyl (C=O) groups excluding carboxylic acids is 1. The minimum atomic E-state index is -0.666. The summed E-state index contributed by atoms with van der Waals surface area (Å²) in [6.07, 6.45) is 1.93. The van der Waals surface area contributed by atoms with Gasteiger partial charge in [0.2, 0.25) is 5.91 Å². The molecule has 1 aliphatic heterocycles. The molecule has 124 valence electrons. The minimum absolute atomic E-state index is 0.0814. The fraction of sp³-hybridized carbons (Fsp3) is 0.235. The number of benzene rings is 1. The summed E-state index contributed by atoms with van der Waals surface area (Å²) in [7, 11) is 1.59. The number of aromatic nitrogens is 1. The topological polar surface area (TPSA) is 69.1 Å². The van der Waals surface area contributed by atoms with Crippen LogP contribution in [0.5, 0.6) is 0 Å². The van der Waals surface area contributed by atoms with E-state index in [-0.39, 0.29) is 18.3 Å². The summed E-state index contributed by atoms with van der Waals surface area (Å²) < 4.78 is 0. The number of rotatable bonds is 2. The van der Waals surface area contributed by atoms with E-state index in [4.69, 9.17) is 28.6 Å². The molecule has 1 aromatic carbocycles. The molecule has 1 atom stereocenters. The third kappa shape index (κ3) is 3.09. The summed E-state index contributed by atoms with van der Waals surface area (Å²) in [6, 6.07) is 8.97. The van der Waals surface area contributed by atoms with Crippen LogP contribution >= 0.6 is 23.2 Å². The van der Waals surface area contributed by atoms with E-state index >= 15 is 0 Å². The molecule has 0 saturated carbocycles. The standard InChI is InChI=1S/C17H16Cl2N4O/c1-17(9-15(24)23(2)16(20)22-17)11-3-4-21-14(7-11)10-5-12(18)8-13(19)6-10/h3-8H,9H2,1-2H3,(H2,20,22)/t17-/m0/s1. The summed E-state index contributed by atoms with van der Waals surface area (Å²) in [6.45, 7) is 1.90. The first-order valence-corrected chi connectivity index (χ1v) is 8.10. The van der Waals surface area contributed by atoms with Crippen molar-refractivity contribution in [1.82, 2.24) is 15.2 Å². The molecule has 1 amide bonds. The Morgan fingerprint density at radius 3 is 2.54 bits per heavy atom. The van der Waals surface area contributed by atoms with Gasteiger partial charge in [0.25, 0.3) is 0 Å². The Kier molecular flexibility index (Phi) is 4.24. The quantitative estimate of drug-likeness (QED) is 0.856. The van der Waals surface area contributed by atoms with E-state index in [1.54, 1.807) is 31.4 Å². The fourth-order valence-electron chi connectivity index (χ4n) is 2.74.